The normalized spacial score (nSPS) is 10.8. The van der Waals surface area contributed by atoms with Crippen molar-refractivity contribution in [2.75, 3.05) is 5.75 Å². The monoisotopic (exact) mass is 405 g/mol. The summed E-state index contributed by atoms with van der Waals surface area (Å²) in [5.41, 5.74) is 6.84. The summed E-state index contributed by atoms with van der Waals surface area (Å²) >= 11 is 3.32. The number of fused-ring (bicyclic) bond motifs is 1. The van der Waals surface area contributed by atoms with Gasteiger partial charge in [-0.05, 0) is 40.8 Å². The zero-order valence-electron chi connectivity index (χ0n) is 10.4. The van der Waals surface area contributed by atoms with Crippen molar-refractivity contribution in [3.05, 3.63) is 21.8 Å². The third-order valence-electron chi connectivity index (χ3n) is 2.58. The molecule has 0 unspecified atom stereocenters. The van der Waals surface area contributed by atoms with E-state index in [4.69, 9.17) is 10.8 Å². The number of aromatic nitrogens is 2. The highest BCUT2D eigenvalue weighted by Gasteiger charge is 2.13. The topological polar surface area (TPSA) is 98.2 Å². The van der Waals surface area contributed by atoms with Crippen LogP contribution in [0.4, 0.5) is 0 Å². The molecule has 0 radical (unpaired) electrons. The Hall–Kier alpha value is -1.29. The van der Waals surface area contributed by atoms with Crippen LogP contribution in [0.1, 0.15) is 6.42 Å². The third kappa shape index (κ3) is 3.63. The number of nitrogens with zero attached hydrogens (tertiary/aromatic N) is 2. The first-order valence-corrected chi connectivity index (χ1v) is 7.82. The molecule has 1 amide bonds. The van der Waals surface area contributed by atoms with E-state index in [2.05, 4.69) is 27.6 Å². The molecule has 1 aromatic carbocycles. The van der Waals surface area contributed by atoms with Crippen LogP contribution in [-0.2, 0) is 16.1 Å². The second-order valence-corrected chi connectivity index (χ2v) is 6.27. The molecule has 0 saturated heterocycles. The number of rotatable bonds is 6. The summed E-state index contributed by atoms with van der Waals surface area (Å²) in [6.07, 6.45) is 0.193. The summed E-state index contributed by atoms with van der Waals surface area (Å²) in [6, 6.07) is 5.77. The quantitative estimate of drug-likeness (QED) is 0.563. The van der Waals surface area contributed by atoms with Gasteiger partial charge in [0.15, 0.2) is 5.16 Å². The maximum Gasteiger partial charge on any atom is 0.313 e. The van der Waals surface area contributed by atoms with Crippen molar-refractivity contribution in [1.82, 2.24) is 9.55 Å². The average molecular weight is 405 g/mol. The summed E-state index contributed by atoms with van der Waals surface area (Å²) in [6.45, 7) is 0.397. The van der Waals surface area contributed by atoms with Gasteiger partial charge < -0.3 is 15.4 Å². The summed E-state index contributed by atoms with van der Waals surface area (Å²) in [5, 5.41) is 9.36. The Bertz CT molecular complexity index is 671. The Balaban J connectivity index is 2.39. The molecule has 8 heteroatoms. The molecule has 0 aliphatic carbocycles. The highest BCUT2D eigenvalue weighted by molar-refractivity contribution is 14.1. The molecule has 0 spiro atoms. The number of imidazole rings is 1. The number of aliphatic carboxylic acids is 1. The van der Waals surface area contributed by atoms with Crippen molar-refractivity contribution in [2.45, 2.75) is 18.1 Å². The van der Waals surface area contributed by atoms with Crippen LogP contribution < -0.4 is 5.73 Å². The minimum atomic E-state index is -0.905. The lowest BCUT2D eigenvalue weighted by atomic mass is 10.3. The van der Waals surface area contributed by atoms with Gasteiger partial charge in [0.2, 0.25) is 5.91 Å². The largest absolute Gasteiger partial charge is 0.481 e. The highest BCUT2D eigenvalue weighted by Crippen LogP contribution is 2.25. The molecule has 0 aliphatic heterocycles. The van der Waals surface area contributed by atoms with E-state index in [0.29, 0.717) is 11.7 Å². The van der Waals surface area contributed by atoms with E-state index in [1.54, 1.807) is 0 Å². The number of halogens is 1. The van der Waals surface area contributed by atoms with E-state index < -0.39 is 11.9 Å². The fourth-order valence-corrected chi connectivity index (χ4v) is 2.99. The van der Waals surface area contributed by atoms with E-state index in [0.717, 1.165) is 26.4 Å². The number of thioether (sulfide) groups is 1. The molecule has 106 valence electrons. The van der Waals surface area contributed by atoms with E-state index in [1.807, 2.05) is 22.8 Å². The van der Waals surface area contributed by atoms with Crippen molar-refractivity contribution in [2.24, 2.45) is 5.73 Å². The molecular weight excluding hydrogens is 393 g/mol. The molecule has 0 atom stereocenters. The molecule has 3 N–H and O–H groups in total. The third-order valence-corrected chi connectivity index (χ3v) is 4.21. The maximum atomic E-state index is 10.9. The van der Waals surface area contributed by atoms with Gasteiger partial charge in [-0.3, -0.25) is 9.59 Å². The predicted octanol–water partition coefficient (Wildman–Crippen LogP) is 1.69. The number of primary amides is 1. The minimum absolute atomic E-state index is 0.0724. The van der Waals surface area contributed by atoms with Gasteiger partial charge >= 0.3 is 5.97 Å². The van der Waals surface area contributed by atoms with Gasteiger partial charge in [0, 0.05) is 16.5 Å². The number of carbonyl (C=O) groups is 2. The number of carboxylic acids is 1. The number of hydrogen-bond donors (Lipinski definition) is 2. The predicted molar refractivity (Wildman–Crippen MR) is 84.6 cm³/mol. The van der Waals surface area contributed by atoms with Crippen molar-refractivity contribution in [3.8, 4) is 0 Å². The first-order chi connectivity index (χ1) is 9.47. The maximum absolute atomic E-state index is 10.9. The van der Waals surface area contributed by atoms with E-state index >= 15 is 0 Å². The molecule has 2 rings (SSSR count). The summed E-state index contributed by atoms with van der Waals surface area (Å²) < 4.78 is 2.88. The van der Waals surface area contributed by atoms with E-state index in [9.17, 15) is 9.59 Å². The van der Waals surface area contributed by atoms with Crippen LogP contribution in [0.15, 0.2) is 23.4 Å². The van der Waals surface area contributed by atoms with Gasteiger partial charge in [-0.1, -0.05) is 11.8 Å². The lowest BCUT2D eigenvalue weighted by Gasteiger charge is -2.06. The van der Waals surface area contributed by atoms with Crippen LogP contribution in [0.2, 0.25) is 0 Å². The summed E-state index contributed by atoms with van der Waals surface area (Å²) in [5.74, 6) is -1.37. The fourth-order valence-electron chi connectivity index (χ4n) is 1.76. The van der Waals surface area contributed by atoms with Gasteiger partial charge in [0.1, 0.15) is 0 Å². The van der Waals surface area contributed by atoms with Crippen molar-refractivity contribution >= 4 is 57.3 Å². The second-order valence-electron chi connectivity index (χ2n) is 4.08. The molecule has 0 bridgehead atoms. The Morgan fingerprint density at radius 2 is 2.20 bits per heavy atom. The van der Waals surface area contributed by atoms with Gasteiger partial charge in [-0.2, -0.15) is 0 Å². The number of carbonyl (C=O) groups excluding carboxylic acids is 1. The number of benzene rings is 1. The van der Waals surface area contributed by atoms with Crippen molar-refractivity contribution < 1.29 is 14.7 Å². The standard InChI is InChI=1S/C12H12IN3O3S/c13-7-1-2-9-8(5-7)15-12(20-6-11(18)19)16(9)4-3-10(14)17/h1-2,5H,3-4,6H2,(H2,14,17)(H,18,19). The lowest BCUT2D eigenvalue weighted by molar-refractivity contribution is -0.134. The number of hydrogen-bond acceptors (Lipinski definition) is 4. The van der Waals surface area contributed by atoms with Crippen LogP contribution >= 0.6 is 34.4 Å². The molecule has 0 fully saturated rings. The first-order valence-electron chi connectivity index (χ1n) is 5.76. The second kappa shape index (κ2) is 6.44. The minimum Gasteiger partial charge on any atom is -0.481 e. The highest BCUT2D eigenvalue weighted by atomic mass is 127. The Morgan fingerprint density at radius 3 is 2.85 bits per heavy atom. The smallest absolute Gasteiger partial charge is 0.313 e. The molecular formula is C12H12IN3O3S. The van der Waals surface area contributed by atoms with E-state index in [1.165, 1.54) is 0 Å². The Morgan fingerprint density at radius 1 is 1.45 bits per heavy atom. The van der Waals surface area contributed by atoms with Crippen LogP contribution in [0.3, 0.4) is 0 Å². The first kappa shape index (κ1) is 15.1. The summed E-state index contributed by atoms with van der Waals surface area (Å²) in [4.78, 5) is 26.1. The number of carboxylic acid groups (broad SMARTS) is 1. The van der Waals surface area contributed by atoms with Crippen molar-refractivity contribution in [3.63, 3.8) is 0 Å². The Labute approximate surface area is 132 Å². The number of nitrogens with two attached hydrogens (primary N) is 1. The van der Waals surface area contributed by atoms with Crippen molar-refractivity contribution in [1.29, 1.82) is 0 Å². The molecule has 20 heavy (non-hydrogen) atoms. The van der Waals surface area contributed by atoms with Gasteiger partial charge in [-0.25, -0.2) is 4.98 Å². The SMILES string of the molecule is NC(=O)CCn1c(SCC(=O)O)nc2cc(I)ccc21. The van der Waals surface area contributed by atoms with Crippen LogP contribution in [0.5, 0.6) is 0 Å². The lowest BCUT2D eigenvalue weighted by Crippen LogP contribution is -2.14. The fraction of sp³-hybridized carbons (Fsp3) is 0.250. The number of amides is 1. The zero-order chi connectivity index (χ0) is 14.7. The molecule has 1 aromatic heterocycles. The molecule has 2 aromatic rings. The van der Waals surface area contributed by atoms with Crippen LogP contribution in [0.25, 0.3) is 11.0 Å². The molecule has 0 saturated carbocycles. The number of aryl methyl sites for hydroxylation is 1. The van der Waals surface area contributed by atoms with Gasteiger partial charge in [0.05, 0.1) is 16.8 Å². The molecule has 0 aliphatic rings. The van der Waals surface area contributed by atoms with Crippen LogP contribution in [0, 0.1) is 3.57 Å². The van der Waals surface area contributed by atoms with E-state index in [-0.39, 0.29) is 12.2 Å². The Kier molecular flexibility index (Phi) is 4.86. The summed E-state index contributed by atoms with van der Waals surface area (Å²) in [7, 11) is 0. The zero-order valence-corrected chi connectivity index (χ0v) is 13.3. The molecule has 1 heterocycles. The van der Waals surface area contributed by atoms with Crippen LogP contribution in [-0.4, -0.2) is 32.3 Å². The van der Waals surface area contributed by atoms with Gasteiger partial charge in [-0.15, -0.1) is 0 Å². The van der Waals surface area contributed by atoms with Gasteiger partial charge in [0.25, 0.3) is 0 Å². The average Bonchev–Trinajstić information content (AvgIpc) is 2.70. The molecule has 6 nitrogen and oxygen atoms in total.